The van der Waals surface area contributed by atoms with E-state index in [1.165, 1.54) is 29.2 Å². The van der Waals surface area contributed by atoms with E-state index < -0.39 is 28.3 Å². The smallest absolute Gasteiger partial charge is 0.338 e. The summed E-state index contributed by atoms with van der Waals surface area (Å²) in [7, 11) is -3.10. The molecule has 1 saturated heterocycles. The molecule has 1 unspecified atom stereocenters. The molecule has 1 heterocycles. The topological polar surface area (TPSA) is 97.8 Å². The van der Waals surface area contributed by atoms with Gasteiger partial charge in [-0.2, -0.15) is 0 Å². The minimum Gasteiger partial charge on any atom is -0.452 e. The molecule has 0 spiro atoms. The van der Waals surface area contributed by atoms with Gasteiger partial charge in [0.1, 0.15) is 6.29 Å². The number of hydrogen-bond acceptors (Lipinski definition) is 6. The minimum absolute atomic E-state index is 0.0479. The molecule has 1 atom stereocenters. The Labute approximate surface area is 140 Å². The molecule has 1 amide bonds. The Morgan fingerprint density at radius 1 is 1.29 bits per heavy atom. The highest BCUT2D eigenvalue weighted by Gasteiger charge is 2.34. The Bertz CT molecular complexity index is 725. The maximum Gasteiger partial charge on any atom is 0.338 e. The van der Waals surface area contributed by atoms with Gasteiger partial charge in [0.2, 0.25) is 0 Å². The molecule has 0 bridgehead atoms. The standard InChI is InChI=1S/C16H19NO6S/c1-2-17(14-7-8-24(21,22)11-14)15(19)10-23-16(20)13-5-3-12(9-18)4-6-13/h3-6,9,14H,2,7-8,10-11H2,1H3. The van der Waals surface area contributed by atoms with Gasteiger partial charge in [0.15, 0.2) is 16.4 Å². The summed E-state index contributed by atoms with van der Waals surface area (Å²) in [5.41, 5.74) is 0.669. The molecule has 1 aromatic rings. The maximum absolute atomic E-state index is 12.2. The normalized spacial score (nSPS) is 18.8. The minimum atomic E-state index is -3.10. The van der Waals surface area contributed by atoms with Crippen LogP contribution in [0.15, 0.2) is 24.3 Å². The fourth-order valence-electron chi connectivity index (χ4n) is 2.65. The monoisotopic (exact) mass is 353 g/mol. The van der Waals surface area contributed by atoms with E-state index in [4.69, 9.17) is 4.74 Å². The van der Waals surface area contributed by atoms with Crippen molar-refractivity contribution in [2.24, 2.45) is 0 Å². The maximum atomic E-state index is 12.2. The van der Waals surface area contributed by atoms with Gasteiger partial charge < -0.3 is 9.64 Å². The predicted octanol–water partition coefficient (Wildman–Crippen LogP) is 0.692. The van der Waals surface area contributed by atoms with Crippen molar-refractivity contribution >= 4 is 28.0 Å². The number of hydrogen-bond donors (Lipinski definition) is 0. The molecule has 7 nitrogen and oxygen atoms in total. The lowest BCUT2D eigenvalue weighted by Crippen LogP contribution is -2.43. The average molecular weight is 353 g/mol. The van der Waals surface area contributed by atoms with E-state index in [1.54, 1.807) is 6.92 Å². The third kappa shape index (κ3) is 4.41. The molecule has 8 heteroatoms. The van der Waals surface area contributed by atoms with Crippen LogP contribution in [0.1, 0.15) is 34.1 Å². The van der Waals surface area contributed by atoms with Crippen molar-refractivity contribution < 1.29 is 27.5 Å². The first-order chi connectivity index (χ1) is 11.4. The number of carbonyl (C=O) groups excluding carboxylic acids is 3. The van der Waals surface area contributed by atoms with Crippen molar-refractivity contribution in [1.29, 1.82) is 0 Å². The van der Waals surface area contributed by atoms with Crippen LogP contribution < -0.4 is 0 Å². The number of nitrogens with zero attached hydrogens (tertiary/aromatic N) is 1. The van der Waals surface area contributed by atoms with Gasteiger partial charge in [0.05, 0.1) is 17.1 Å². The van der Waals surface area contributed by atoms with Crippen LogP contribution in [0.4, 0.5) is 0 Å². The zero-order chi connectivity index (χ0) is 17.7. The number of carbonyl (C=O) groups is 3. The summed E-state index contributed by atoms with van der Waals surface area (Å²) < 4.78 is 28.1. The van der Waals surface area contributed by atoms with E-state index >= 15 is 0 Å². The van der Waals surface area contributed by atoms with Gasteiger partial charge in [-0.15, -0.1) is 0 Å². The summed E-state index contributed by atoms with van der Waals surface area (Å²) in [6.45, 7) is 1.66. The first kappa shape index (κ1) is 18.1. The van der Waals surface area contributed by atoms with E-state index in [2.05, 4.69) is 0 Å². The van der Waals surface area contributed by atoms with Gasteiger partial charge in [-0.1, -0.05) is 12.1 Å². The van der Waals surface area contributed by atoms with Gasteiger partial charge in [-0.05, 0) is 25.5 Å². The molecule has 1 aliphatic rings. The number of benzene rings is 1. The Morgan fingerprint density at radius 2 is 1.96 bits per heavy atom. The number of esters is 1. The summed E-state index contributed by atoms with van der Waals surface area (Å²) in [6, 6.07) is 5.48. The van der Waals surface area contributed by atoms with Gasteiger partial charge in [-0.3, -0.25) is 9.59 Å². The number of likely N-dealkylation sites (N-methyl/N-ethyl adjacent to an activating group) is 1. The summed E-state index contributed by atoms with van der Waals surface area (Å²) in [5, 5.41) is 0. The third-order valence-electron chi connectivity index (χ3n) is 3.92. The highest BCUT2D eigenvalue weighted by atomic mass is 32.2. The second-order valence-corrected chi connectivity index (χ2v) is 7.78. The van der Waals surface area contributed by atoms with Crippen molar-refractivity contribution in [3.8, 4) is 0 Å². The Hall–Kier alpha value is -2.22. The number of ether oxygens (including phenoxy) is 1. The van der Waals surface area contributed by atoms with Crippen LogP contribution in [0.5, 0.6) is 0 Å². The number of sulfone groups is 1. The average Bonchev–Trinajstić information content (AvgIpc) is 2.93. The number of aldehydes is 1. The zero-order valence-electron chi connectivity index (χ0n) is 13.3. The molecule has 1 aliphatic heterocycles. The van der Waals surface area contributed by atoms with Crippen molar-refractivity contribution in [3.05, 3.63) is 35.4 Å². The Balaban J connectivity index is 1.93. The first-order valence-electron chi connectivity index (χ1n) is 7.58. The van der Waals surface area contributed by atoms with Crippen LogP contribution in [0.2, 0.25) is 0 Å². The Morgan fingerprint density at radius 3 is 2.46 bits per heavy atom. The number of rotatable bonds is 6. The van der Waals surface area contributed by atoms with Crippen LogP contribution in [0, 0.1) is 0 Å². The molecule has 0 aliphatic carbocycles. The lowest BCUT2D eigenvalue weighted by molar-refractivity contribution is -0.136. The molecule has 0 N–H and O–H groups in total. The van der Waals surface area contributed by atoms with Gasteiger partial charge in [0, 0.05) is 18.2 Å². The van der Waals surface area contributed by atoms with Crippen LogP contribution in [0.25, 0.3) is 0 Å². The number of amides is 1. The fraction of sp³-hybridized carbons (Fsp3) is 0.438. The molecule has 0 aromatic heterocycles. The molecule has 1 fully saturated rings. The summed E-state index contributed by atoms with van der Waals surface area (Å²) >= 11 is 0. The molecular formula is C16H19NO6S. The molecule has 0 radical (unpaired) electrons. The quantitative estimate of drug-likeness (QED) is 0.551. The highest BCUT2D eigenvalue weighted by molar-refractivity contribution is 7.91. The SMILES string of the molecule is CCN(C(=O)COC(=O)c1ccc(C=O)cc1)C1CCS(=O)(=O)C1. The van der Waals surface area contributed by atoms with Crippen molar-refractivity contribution in [1.82, 2.24) is 4.90 Å². The second-order valence-electron chi connectivity index (χ2n) is 5.55. The molecule has 0 saturated carbocycles. The second kappa shape index (κ2) is 7.57. The largest absolute Gasteiger partial charge is 0.452 e. The Kier molecular flexibility index (Phi) is 5.71. The molecule has 130 valence electrons. The van der Waals surface area contributed by atoms with E-state index in [9.17, 15) is 22.8 Å². The fourth-order valence-corrected chi connectivity index (χ4v) is 4.38. The summed E-state index contributed by atoms with van der Waals surface area (Å²) in [6.07, 6.45) is 1.07. The first-order valence-corrected chi connectivity index (χ1v) is 9.40. The lowest BCUT2D eigenvalue weighted by atomic mass is 10.1. The van der Waals surface area contributed by atoms with Crippen LogP contribution in [-0.4, -0.2) is 62.2 Å². The summed E-state index contributed by atoms with van der Waals surface area (Å²) in [4.78, 5) is 36.1. The van der Waals surface area contributed by atoms with Crippen molar-refractivity contribution in [3.63, 3.8) is 0 Å². The van der Waals surface area contributed by atoms with Crippen molar-refractivity contribution in [2.75, 3.05) is 24.7 Å². The molecular weight excluding hydrogens is 334 g/mol. The van der Waals surface area contributed by atoms with E-state index in [0.29, 0.717) is 24.8 Å². The van der Waals surface area contributed by atoms with Crippen LogP contribution in [0.3, 0.4) is 0 Å². The third-order valence-corrected chi connectivity index (χ3v) is 5.67. The van der Waals surface area contributed by atoms with E-state index in [0.717, 1.165) is 0 Å². The highest BCUT2D eigenvalue weighted by Crippen LogP contribution is 2.18. The van der Waals surface area contributed by atoms with E-state index in [-0.39, 0.29) is 23.1 Å². The predicted molar refractivity (Wildman–Crippen MR) is 86.6 cm³/mol. The van der Waals surface area contributed by atoms with E-state index in [1.807, 2.05) is 0 Å². The van der Waals surface area contributed by atoms with Gasteiger partial charge in [-0.25, -0.2) is 13.2 Å². The molecule has 2 rings (SSSR count). The van der Waals surface area contributed by atoms with Crippen LogP contribution >= 0.6 is 0 Å². The van der Waals surface area contributed by atoms with Crippen LogP contribution in [-0.2, 0) is 19.4 Å². The van der Waals surface area contributed by atoms with Gasteiger partial charge >= 0.3 is 5.97 Å². The summed E-state index contributed by atoms with van der Waals surface area (Å²) in [5.74, 6) is -1.06. The molecule has 1 aromatic carbocycles. The lowest BCUT2D eigenvalue weighted by Gasteiger charge is -2.26. The van der Waals surface area contributed by atoms with Gasteiger partial charge in [0.25, 0.3) is 5.91 Å². The van der Waals surface area contributed by atoms with Crippen molar-refractivity contribution in [2.45, 2.75) is 19.4 Å². The molecule has 24 heavy (non-hydrogen) atoms. The zero-order valence-corrected chi connectivity index (χ0v) is 14.1.